The summed E-state index contributed by atoms with van der Waals surface area (Å²) in [5.41, 5.74) is 0.601. The first-order chi connectivity index (χ1) is 8.12. The Morgan fingerprint density at radius 1 is 1.41 bits per heavy atom. The molecule has 0 unspecified atom stereocenters. The second-order valence-corrected chi connectivity index (χ2v) is 6.10. The Morgan fingerprint density at radius 2 is 2.24 bits per heavy atom. The molecule has 2 aromatic heterocycles. The number of hydrogen-bond donors (Lipinski definition) is 2. The molecule has 17 heavy (non-hydrogen) atoms. The SMILES string of the molecule is O=S(=O)(Nc1cc(CO)ccn1)c1cccs1. The van der Waals surface area contributed by atoms with E-state index >= 15 is 0 Å². The van der Waals surface area contributed by atoms with Crippen LogP contribution in [0.25, 0.3) is 0 Å². The third-order valence-electron chi connectivity index (χ3n) is 2.01. The Labute approximate surface area is 103 Å². The maximum atomic E-state index is 11.9. The standard InChI is InChI=1S/C10H10N2O3S2/c13-7-8-3-4-11-9(6-8)12-17(14,15)10-2-1-5-16-10/h1-6,13H,7H2,(H,11,12). The number of nitrogens with zero attached hydrogens (tertiary/aromatic N) is 1. The van der Waals surface area contributed by atoms with Crippen LogP contribution in [0, 0.1) is 0 Å². The monoisotopic (exact) mass is 270 g/mol. The first-order valence-electron chi connectivity index (χ1n) is 4.74. The fraction of sp³-hybridized carbons (Fsp3) is 0.100. The molecular formula is C10H10N2O3S2. The lowest BCUT2D eigenvalue weighted by molar-refractivity contribution is 0.282. The van der Waals surface area contributed by atoms with Gasteiger partial charge in [0, 0.05) is 6.20 Å². The highest BCUT2D eigenvalue weighted by atomic mass is 32.2. The number of hydrogen-bond acceptors (Lipinski definition) is 5. The van der Waals surface area contributed by atoms with Crippen LogP contribution in [0.2, 0.25) is 0 Å². The number of aliphatic hydroxyl groups is 1. The van der Waals surface area contributed by atoms with Crippen LogP contribution in [0.15, 0.2) is 40.1 Å². The Bertz CT molecular complexity index is 594. The zero-order valence-corrected chi connectivity index (χ0v) is 10.3. The minimum absolute atomic E-state index is 0.156. The van der Waals surface area contributed by atoms with Gasteiger partial charge in [0.25, 0.3) is 10.0 Å². The van der Waals surface area contributed by atoms with E-state index in [-0.39, 0.29) is 16.6 Å². The molecule has 0 saturated heterocycles. The van der Waals surface area contributed by atoms with Gasteiger partial charge in [-0.15, -0.1) is 11.3 Å². The summed E-state index contributed by atoms with van der Waals surface area (Å²) in [4.78, 5) is 3.89. The molecule has 90 valence electrons. The average Bonchev–Trinajstić information content (AvgIpc) is 2.83. The summed E-state index contributed by atoms with van der Waals surface area (Å²) in [6.45, 7) is -0.156. The van der Waals surface area contributed by atoms with Crippen molar-refractivity contribution in [3.63, 3.8) is 0 Å². The predicted molar refractivity (Wildman–Crippen MR) is 65.3 cm³/mol. The van der Waals surface area contributed by atoms with Gasteiger partial charge in [-0.25, -0.2) is 13.4 Å². The van der Waals surface area contributed by atoms with Crippen molar-refractivity contribution >= 4 is 27.2 Å². The zero-order chi connectivity index (χ0) is 12.3. The van der Waals surface area contributed by atoms with E-state index in [1.807, 2.05) is 0 Å². The van der Waals surface area contributed by atoms with Gasteiger partial charge in [-0.1, -0.05) is 6.07 Å². The minimum atomic E-state index is -3.57. The van der Waals surface area contributed by atoms with Crippen LogP contribution in [0.3, 0.4) is 0 Å². The first-order valence-corrected chi connectivity index (χ1v) is 7.10. The molecule has 0 aliphatic rings. The van der Waals surface area contributed by atoms with Gasteiger partial charge in [0.15, 0.2) is 0 Å². The van der Waals surface area contributed by atoms with E-state index < -0.39 is 10.0 Å². The summed E-state index contributed by atoms with van der Waals surface area (Å²) >= 11 is 1.13. The van der Waals surface area contributed by atoms with Crippen molar-refractivity contribution in [2.75, 3.05) is 4.72 Å². The van der Waals surface area contributed by atoms with E-state index in [9.17, 15) is 8.42 Å². The van der Waals surface area contributed by atoms with E-state index in [2.05, 4.69) is 9.71 Å². The fourth-order valence-corrected chi connectivity index (χ4v) is 3.22. The average molecular weight is 270 g/mol. The van der Waals surface area contributed by atoms with Crippen molar-refractivity contribution in [2.24, 2.45) is 0 Å². The number of nitrogens with one attached hydrogen (secondary N) is 1. The number of anilines is 1. The number of aromatic nitrogens is 1. The highest BCUT2D eigenvalue weighted by Crippen LogP contribution is 2.19. The molecule has 0 radical (unpaired) electrons. The van der Waals surface area contributed by atoms with Crippen molar-refractivity contribution in [2.45, 2.75) is 10.8 Å². The molecule has 0 aromatic carbocycles. The summed E-state index contributed by atoms with van der Waals surface area (Å²) in [6.07, 6.45) is 1.44. The van der Waals surface area contributed by atoms with Crippen molar-refractivity contribution in [1.29, 1.82) is 0 Å². The molecule has 0 aliphatic heterocycles. The zero-order valence-electron chi connectivity index (χ0n) is 8.70. The van der Waals surface area contributed by atoms with E-state index in [4.69, 9.17) is 5.11 Å². The van der Waals surface area contributed by atoms with E-state index in [1.54, 1.807) is 17.5 Å². The Balaban J connectivity index is 2.26. The molecule has 0 atom stereocenters. The third-order valence-corrected chi connectivity index (χ3v) is 4.76. The van der Waals surface area contributed by atoms with Crippen LogP contribution in [0.4, 0.5) is 5.82 Å². The number of rotatable bonds is 4. The summed E-state index contributed by atoms with van der Waals surface area (Å²) in [7, 11) is -3.57. The lowest BCUT2D eigenvalue weighted by Crippen LogP contribution is -2.12. The number of sulfonamides is 1. The Kier molecular flexibility index (Phi) is 3.41. The molecule has 5 nitrogen and oxygen atoms in total. The molecule has 0 fully saturated rings. The van der Waals surface area contributed by atoms with Gasteiger partial charge in [-0.3, -0.25) is 4.72 Å². The molecule has 2 N–H and O–H groups in total. The first kappa shape index (κ1) is 12.0. The van der Waals surface area contributed by atoms with Crippen molar-refractivity contribution in [1.82, 2.24) is 4.98 Å². The summed E-state index contributed by atoms with van der Waals surface area (Å²) in [5, 5.41) is 10.6. The highest BCUT2D eigenvalue weighted by Gasteiger charge is 2.15. The highest BCUT2D eigenvalue weighted by molar-refractivity contribution is 7.94. The maximum Gasteiger partial charge on any atom is 0.272 e. The van der Waals surface area contributed by atoms with Crippen molar-refractivity contribution < 1.29 is 13.5 Å². The fourth-order valence-electron chi connectivity index (χ4n) is 1.23. The largest absolute Gasteiger partial charge is 0.392 e. The number of pyridine rings is 1. The summed E-state index contributed by atoms with van der Waals surface area (Å²) in [6, 6.07) is 6.29. The molecule has 0 amide bonds. The van der Waals surface area contributed by atoms with Crippen molar-refractivity contribution in [3.8, 4) is 0 Å². The van der Waals surface area contributed by atoms with Crippen LogP contribution in [0.1, 0.15) is 5.56 Å². The molecule has 0 bridgehead atoms. The van der Waals surface area contributed by atoms with E-state index in [0.717, 1.165) is 11.3 Å². The Morgan fingerprint density at radius 3 is 2.88 bits per heavy atom. The Hall–Kier alpha value is -1.44. The van der Waals surface area contributed by atoms with Gasteiger partial charge in [-0.2, -0.15) is 0 Å². The summed E-state index contributed by atoms with van der Waals surface area (Å²) < 4.78 is 26.3. The quantitative estimate of drug-likeness (QED) is 0.881. The minimum Gasteiger partial charge on any atom is -0.392 e. The second-order valence-electron chi connectivity index (χ2n) is 3.25. The van der Waals surface area contributed by atoms with Crippen LogP contribution in [0.5, 0.6) is 0 Å². The molecule has 0 aliphatic carbocycles. The molecule has 0 saturated carbocycles. The summed E-state index contributed by atoms with van der Waals surface area (Å²) in [5.74, 6) is 0.199. The third kappa shape index (κ3) is 2.82. The number of thiophene rings is 1. The van der Waals surface area contributed by atoms with Gasteiger partial charge in [0.2, 0.25) is 0 Å². The van der Waals surface area contributed by atoms with Crippen LogP contribution >= 0.6 is 11.3 Å². The molecule has 2 rings (SSSR count). The van der Waals surface area contributed by atoms with E-state index in [1.165, 1.54) is 18.3 Å². The molecule has 2 aromatic rings. The van der Waals surface area contributed by atoms with Gasteiger partial charge < -0.3 is 5.11 Å². The number of aliphatic hydroxyl groups excluding tert-OH is 1. The van der Waals surface area contributed by atoms with Crippen molar-refractivity contribution in [3.05, 3.63) is 41.4 Å². The topological polar surface area (TPSA) is 79.3 Å². The van der Waals surface area contributed by atoms with Gasteiger partial charge in [-0.05, 0) is 29.1 Å². The van der Waals surface area contributed by atoms with Gasteiger partial charge in [0.1, 0.15) is 10.0 Å². The normalized spacial score (nSPS) is 11.4. The van der Waals surface area contributed by atoms with Gasteiger partial charge in [0.05, 0.1) is 6.61 Å². The lowest BCUT2D eigenvalue weighted by Gasteiger charge is -2.05. The molecular weight excluding hydrogens is 260 g/mol. The second kappa shape index (κ2) is 4.82. The van der Waals surface area contributed by atoms with E-state index in [0.29, 0.717) is 5.56 Å². The smallest absolute Gasteiger partial charge is 0.272 e. The van der Waals surface area contributed by atoms with Crippen LogP contribution in [-0.4, -0.2) is 18.5 Å². The van der Waals surface area contributed by atoms with Gasteiger partial charge >= 0.3 is 0 Å². The molecule has 2 heterocycles. The van der Waals surface area contributed by atoms with Crippen LogP contribution < -0.4 is 4.72 Å². The molecule has 7 heteroatoms. The maximum absolute atomic E-state index is 11.9. The molecule has 0 spiro atoms. The lowest BCUT2D eigenvalue weighted by atomic mass is 10.3. The predicted octanol–water partition coefficient (Wildman–Crippen LogP) is 1.44. The van der Waals surface area contributed by atoms with Crippen LogP contribution in [-0.2, 0) is 16.6 Å².